The van der Waals surface area contributed by atoms with E-state index in [0.717, 1.165) is 17.8 Å². The van der Waals surface area contributed by atoms with E-state index >= 15 is 0 Å². The molecule has 0 saturated carbocycles. The normalized spacial score (nSPS) is 10.9. The minimum atomic E-state index is 0. The number of aryl methyl sites for hydroxylation is 2. The Morgan fingerprint density at radius 1 is 1.29 bits per heavy atom. The third-order valence-electron chi connectivity index (χ3n) is 2.99. The largest absolute Gasteiger partial charge is 0.370 e. The fraction of sp³-hybridized carbons (Fsp3) is 0.250. The molecule has 0 unspecified atom stereocenters. The first-order valence-corrected chi connectivity index (χ1v) is 6.75. The van der Waals surface area contributed by atoms with E-state index in [1.807, 2.05) is 43.5 Å². The number of aromatic nitrogens is 1. The zero-order valence-corrected chi connectivity index (χ0v) is 14.7. The van der Waals surface area contributed by atoms with E-state index in [9.17, 15) is 0 Å². The predicted octanol–water partition coefficient (Wildman–Crippen LogP) is 3.50. The average Bonchev–Trinajstić information content (AvgIpc) is 2.45. The van der Waals surface area contributed by atoms with Crippen LogP contribution in [0.2, 0.25) is 0 Å². The number of pyridine rings is 1. The van der Waals surface area contributed by atoms with Gasteiger partial charge in [-0.25, -0.2) is 4.99 Å². The van der Waals surface area contributed by atoms with Gasteiger partial charge in [0.1, 0.15) is 0 Å². The van der Waals surface area contributed by atoms with Crippen molar-refractivity contribution in [3.05, 3.63) is 59.4 Å². The minimum Gasteiger partial charge on any atom is -0.370 e. The molecule has 0 aliphatic rings. The number of nitrogens with two attached hydrogens (primary N) is 1. The van der Waals surface area contributed by atoms with Crippen molar-refractivity contribution in [2.75, 3.05) is 5.32 Å². The standard InChI is InChI=1S/C16H20N4.HI/c1-3-13-7-8-18-15(10-13)11-19-16(17)20-14-6-4-5-12(2)9-14;/h4-10H,3,11H2,1-2H3,(H3,17,19,20);1H. The maximum atomic E-state index is 5.89. The van der Waals surface area contributed by atoms with Crippen LogP contribution in [0.3, 0.4) is 0 Å². The molecule has 2 aromatic rings. The van der Waals surface area contributed by atoms with Gasteiger partial charge in [0.05, 0.1) is 12.2 Å². The summed E-state index contributed by atoms with van der Waals surface area (Å²) < 4.78 is 0. The van der Waals surface area contributed by atoms with Crippen LogP contribution < -0.4 is 11.1 Å². The number of hydrogen-bond acceptors (Lipinski definition) is 2. The molecule has 1 heterocycles. The molecule has 0 radical (unpaired) electrons. The summed E-state index contributed by atoms with van der Waals surface area (Å²) in [6.45, 7) is 4.65. The Morgan fingerprint density at radius 2 is 2.10 bits per heavy atom. The maximum absolute atomic E-state index is 5.89. The molecule has 112 valence electrons. The highest BCUT2D eigenvalue weighted by molar-refractivity contribution is 14.0. The third kappa shape index (κ3) is 5.71. The summed E-state index contributed by atoms with van der Waals surface area (Å²) in [6.07, 6.45) is 2.81. The van der Waals surface area contributed by atoms with Crippen LogP contribution in [-0.4, -0.2) is 10.9 Å². The van der Waals surface area contributed by atoms with Gasteiger partial charge in [-0.05, 0) is 48.7 Å². The van der Waals surface area contributed by atoms with E-state index in [1.54, 1.807) is 0 Å². The minimum absolute atomic E-state index is 0. The third-order valence-corrected chi connectivity index (χ3v) is 2.99. The predicted molar refractivity (Wildman–Crippen MR) is 99.2 cm³/mol. The van der Waals surface area contributed by atoms with Gasteiger partial charge in [-0.2, -0.15) is 0 Å². The molecular formula is C16H21IN4. The van der Waals surface area contributed by atoms with Crippen LogP contribution in [0, 0.1) is 6.92 Å². The molecule has 3 N–H and O–H groups in total. The van der Waals surface area contributed by atoms with Crippen LogP contribution >= 0.6 is 24.0 Å². The fourth-order valence-electron chi connectivity index (χ4n) is 1.91. The van der Waals surface area contributed by atoms with Gasteiger partial charge in [-0.1, -0.05) is 19.1 Å². The van der Waals surface area contributed by atoms with Crippen LogP contribution in [0.25, 0.3) is 0 Å². The quantitative estimate of drug-likeness (QED) is 0.473. The van der Waals surface area contributed by atoms with Crippen molar-refractivity contribution in [2.24, 2.45) is 10.7 Å². The number of halogens is 1. The molecule has 1 aromatic heterocycles. The molecule has 2 rings (SSSR count). The van der Waals surface area contributed by atoms with Crippen LogP contribution in [0.5, 0.6) is 0 Å². The number of guanidine groups is 1. The van der Waals surface area contributed by atoms with Gasteiger partial charge in [0.25, 0.3) is 0 Å². The van der Waals surface area contributed by atoms with Crippen molar-refractivity contribution >= 4 is 35.6 Å². The van der Waals surface area contributed by atoms with E-state index < -0.39 is 0 Å². The molecule has 0 aliphatic heterocycles. The second-order valence-corrected chi connectivity index (χ2v) is 4.70. The molecule has 0 spiro atoms. The van der Waals surface area contributed by atoms with E-state index in [-0.39, 0.29) is 24.0 Å². The van der Waals surface area contributed by atoms with Gasteiger partial charge < -0.3 is 11.1 Å². The Bertz CT molecular complexity index is 611. The highest BCUT2D eigenvalue weighted by Gasteiger charge is 1.98. The van der Waals surface area contributed by atoms with Crippen molar-refractivity contribution < 1.29 is 0 Å². The number of benzene rings is 1. The van der Waals surface area contributed by atoms with Crippen molar-refractivity contribution in [2.45, 2.75) is 26.8 Å². The molecule has 0 fully saturated rings. The highest BCUT2D eigenvalue weighted by atomic mass is 127. The Morgan fingerprint density at radius 3 is 2.81 bits per heavy atom. The van der Waals surface area contributed by atoms with Gasteiger partial charge in [-0.15, -0.1) is 24.0 Å². The summed E-state index contributed by atoms with van der Waals surface area (Å²) in [5.74, 6) is 0.402. The lowest BCUT2D eigenvalue weighted by molar-refractivity contribution is 0.967. The molecule has 0 atom stereocenters. The second kappa shape index (κ2) is 8.61. The molecule has 0 amide bonds. The Labute approximate surface area is 142 Å². The first-order valence-electron chi connectivity index (χ1n) is 6.75. The molecule has 21 heavy (non-hydrogen) atoms. The number of nitrogens with one attached hydrogen (secondary N) is 1. The molecule has 4 nitrogen and oxygen atoms in total. The van der Waals surface area contributed by atoms with Crippen LogP contribution in [0.15, 0.2) is 47.6 Å². The maximum Gasteiger partial charge on any atom is 0.193 e. The molecule has 0 bridgehead atoms. The van der Waals surface area contributed by atoms with E-state index in [0.29, 0.717) is 12.5 Å². The lowest BCUT2D eigenvalue weighted by Gasteiger charge is -2.06. The van der Waals surface area contributed by atoms with Crippen LogP contribution in [0.4, 0.5) is 5.69 Å². The van der Waals surface area contributed by atoms with Crippen LogP contribution in [-0.2, 0) is 13.0 Å². The Kier molecular flexibility index (Phi) is 7.14. The van der Waals surface area contributed by atoms with Gasteiger partial charge in [0, 0.05) is 11.9 Å². The number of anilines is 1. The van der Waals surface area contributed by atoms with Gasteiger partial charge in [-0.3, -0.25) is 4.98 Å². The van der Waals surface area contributed by atoms with E-state index in [1.165, 1.54) is 11.1 Å². The lowest BCUT2D eigenvalue weighted by atomic mass is 10.2. The highest BCUT2D eigenvalue weighted by Crippen LogP contribution is 2.09. The topological polar surface area (TPSA) is 63.3 Å². The van der Waals surface area contributed by atoms with Crippen molar-refractivity contribution in [1.82, 2.24) is 4.98 Å². The second-order valence-electron chi connectivity index (χ2n) is 4.70. The number of nitrogens with zero attached hydrogens (tertiary/aromatic N) is 2. The summed E-state index contributed by atoms with van der Waals surface area (Å²) in [5, 5.41) is 3.08. The van der Waals surface area contributed by atoms with Gasteiger partial charge in [0.2, 0.25) is 0 Å². The fourth-order valence-corrected chi connectivity index (χ4v) is 1.91. The smallest absolute Gasteiger partial charge is 0.193 e. The van der Waals surface area contributed by atoms with Gasteiger partial charge >= 0.3 is 0 Å². The molecular weight excluding hydrogens is 375 g/mol. The molecule has 0 saturated heterocycles. The molecule has 5 heteroatoms. The summed E-state index contributed by atoms with van der Waals surface area (Å²) in [5.41, 5.74) is 10.2. The van der Waals surface area contributed by atoms with Gasteiger partial charge in [0.15, 0.2) is 5.96 Å². The monoisotopic (exact) mass is 396 g/mol. The Balaban J connectivity index is 0.00000220. The van der Waals surface area contributed by atoms with E-state index in [4.69, 9.17) is 5.73 Å². The SMILES string of the molecule is CCc1ccnc(CN=C(N)Nc2cccc(C)c2)c1.I. The number of hydrogen-bond donors (Lipinski definition) is 2. The summed E-state index contributed by atoms with van der Waals surface area (Å²) in [7, 11) is 0. The zero-order valence-electron chi connectivity index (χ0n) is 12.3. The van der Waals surface area contributed by atoms with Crippen molar-refractivity contribution in [3.63, 3.8) is 0 Å². The van der Waals surface area contributed by atoms with E-state index in [2.05, 4.69) is 28.3 Å². The molecule has 0 aliphatic carbocycles. The Hall–Kier alpha value is -1.63. The molecule has 1 aromatic carbocycles. The summed E-state index contributed by atoms with van der Waals surface area (Å²) in [6, 6.07) is 12.1. The lowest BCUT2D eigenvalue weighted by Crippen LogP contribution is -2.22. The number of rotatable bonds is 4. The average molecular weight is 396 g/mol. The van der Waals surface area contributed by atoms with Crippen LogP contribution in [0.1, 0.15) is 23.7 Å². The van der Waals surface area contributed by atoms with Crippen molar-refractivity contribution in [3.8, 4) is 0 Å². The number of aliphatic imine (C=N–C) groups is 1. The summed E-state index contributed by atoms with van der Waals surface area (Å²) >= 11 is 0. The summed E-state index contributed by atoms with van der Waals surface area (Å²) in [4.78, 5) is 8.61. The van der Waals surface area contributed by atoms with Crippen molar-refractivity contribution in [1.29, 1.82) is 0 Å². The zero-order chi connectivity index (χ0) is 14.4. The first-order chi connectivity index (χ1) is 9.67. The first kappa shape index (κ1) is 17.4.